The van der Waals surface area contributed by atoms with Gasteiger partial charge in [-0.25, -0.2) is 14.3 Å². The van der Waals surface area contributed by atoms with Crippen LogP contribution in [0.3, 0.4) is 0 Å². The minimum absolute atomic E-state index is 0.00959. The molecule has 0 spiro atoms. The van der Waals surface area contributed by atoms with E-state index in [1.54, 1.807) is 24.4 Å². The molecule has 1 atom stereocenters. The molecule has 2 amide bonds. The standard InChI is InChI=1S/C33H28Cl2N6O6/c1-39-27(17-42)38-41-15-19(13-26(41)32(39)44)21-5-3-6-22(29(21)34)23-7-4-8-24(30(23)35)25-11-9-18(31(37-25)47-2)14-40(33(45)46)16-20-10-12-28(43)36-20/h3-9,11,13,15,17,20H,10,12,14,16H2,1-2H3,(H,36,43)(H,45,46)/t20-/m0/s1. The molecule has 3 aromatic heterocycles. The molecule has 0 bridgehead atoms. The number of carboxylic acid groups (broad SMARTS) is 1. The van der Waals surface area contributed by atoms with Gasteiger partial charge >= 0.3 is 6.09 Å². The van der Waals surface area contributed by atoms with Gasteiger partial charge in [-0.2, -0.15) is 0 Å². The average Bonchev–Trinajstić information content (AvgIpc) is 3.68. The molecule has 1 aliphatic heterocycles. The predicted molar refractivity (Wildman–Crippen MR) is 176 cm³/mol. The third-order valence-electron chi connectivity index (χ3n) is 8.15. The summed E-state index contributed by atoms with van der Waals surface area (Å²) >= 11 is 14.0. The van der Waals surface area contributed by atoms with Gasteiger partial charge in [-0.1, -0.05) is 59.6 Å². The maximum atomic E-state index is 12.8. The van der Waals surface area contributed by atoms with E-state index in [2.05, 4.69) is 15.4 Å². The maximum Gasteiger partial charge on any atom is 0.407 e. The van der Waals surface area contributed by atoms with E-state index < -0.39 is 6.09 Å². The highest BCUT2D eigenvalue weighted by molar-refractivity contribution is 6.39. The molecule has 4 heterocycles. The Morgan fingerprint density at radius 1 is 1.09 bits per heavy atom. The molecule has 0 unspecified atom stereocenters. The molecule has 1 saturated heterocycles. The molecular formula is C33H28Cl2N6O6. The number of hydrogen-bond acceptors (Lipinski definition) is 7. The Hall–Kier alpha value is -5.20. The second-order valence-electron chi connectivity index (χ2n) is 11.1. The van der Waals surface area contributed by atoms with Crippen molar-refractivity contribution in [1.82, 2.24) is 29.4 Å². The number of nitrogens with zero attached hydrogens (tertiary/aromatic N) is 5. The van der Waals surface area contributed by atoms with Crippen LogP contribution in [-0.4, -0.2) is 67.2 Å². The van der Waals surface area contributed by atoms with E-state index in [-0.39, 0.29) is 47.8 Å². The molecule has 6 rings (SSSR count). The lowest BCUT2D eigenvalue weighted by molar-refractivity contribution is -0.119. The second kappa shape index (κ2) is 12.9. The Balaban J connectivity index is 1.33. The number of halogens is 2. The molecule has 5 aromatic rings. The largest absolute Gasteiger partial charge is 0.481 e. The summed E-state index contributed by atoms with van der Waals surface area (Å²) in [6, 6.07) is 15.8. The fraction of sp³-hybridized carbons (Fsp3) is 0.212. The summed E-state index contributed by atoms with van der Waals surface area (Å²) in [6.45, 7) is 0.160. The Kier molecular flexibility index (Phi) is 8.71. The van der Waals surface area contributed by atoms with Crippen molar-refractivity contribution in [3.05, 3.63) is 92.6 Å². The molecule has 12 nitrogen and oxygen atoms in total. The summed E-state index contributed by atoms with van der Waals surface area (Å²) in [5, 5.41) is 17.6. The van der Waals surface area contributed by atoms with Crippen LogP contribution in [0.15, 0.2) is 65.6 Å². The molecule has 1 fully saturated rings. The first kappa shape index (κ1) is 31.8. The number of pyridine rings is 1. The van der Waals surface area contributed by atoms with E-state index in [1.165, 1.54) is 28.1 Å². The number of carbonyl (C=O) groups excluding carboxylic acids is 2. The highest BCUT2D eigenvalue weighted by Crippen LogP contribution is 2.42. The number of amides is 2. The van der Waals surface area contributed by atoms with Crippen molar-refractivity contribution >= 4 is 47.0 Å². The Morgan fingerprint density at radius 3 is 2.40 bits per heavy atom. The lowest BCUT2D eigenvalue weighted by Gasteiger charge is -2.23. The number of aldehydes is 1. The van der Waals surface area contributed by atoms with Gasteiger partial charge in [0.2, 0.25) is 11.8 Å². The van der Waals surface area contributed by atoms with Gasteiger partial charge in [0.05, 0.1) is 29.4 Å². The van der Waals surface area contributed by atoms with Crippen molar-refractivity contribution < 1.29 is 24.2 Å². The second-order valence-corrected chi connectivity index (χ2v) is 11.8. The van der Waals surface area contributed by atoms with Crippen LogP contribution < -0.4 is 15.6 Å². The summed E-state index contributed by atoms with van der Waals surface area (Å²) in [5.74, 6) is 0.141. The lowest BCUT2D eigenvalue weighted by Crippen LogP contribution is -2.41. The third-order valence-corrected chi connectivity index (χ3v) is 8.96. The molecule has 1 aliphatic rings. The SMILES string of the molecule is COc1nc(-c2cccc(-c3cccc(-c4cc5c(=O)n(C)c(C=O)nn5c4)c3Cl)c2Cl)ccc1CN(C[C@@H]1CCC(=O)N1)C(=O)O. The quantitative estimate of drug-likeness (QED) is 0.200. The predicted octanol–water partition coefficient (Wildman–Crippen LogP) is 5.32. The zero-order valence-corrected chi connectivity index (χ0v) is 26.7. The normalized spacial score (nSPS) is 14.3. The number of carbonyl (C=O) groups is 3. The summed E-state index contributed by atoms with van der Waals surface area (Å²) in [5.41, 5.74) is 4.11. The zero-order valence-electron chi connectivity index (χ0n) is 25.2. The summed E-state index contributed by atoms with van der Waals surface area (Å²) in [6.07, 6.45) is 1.98. The number of ether oxygens (including phenoxy) is 1. The van der Waals surface area contributed by atoms with Gasteiger partial charge in [0, 0.05) is 65.6 Å². The number of rotatable bonds is 9. The first-order chi connectivity index (χ1) is 22.6. The van der Waals surface area contributed by atoms with Gasteiger partial charge < -0.3 is 20.1 Å². The van der Waals surface area contributed by atoms with Gasteiger partial charge in [-0.3, -0.25) is 19.0 Å². The lowest BCUT2D eigenvalue weighted by atomic mass is 9.97. The smallest absolute Gasteiger partial charge is 0.407 e. The first-order valence-corrected chi connectivity index (χ1v) is 15.3. The maximum absolute atomic E-state index is 12.8. The van der Waals surface area contributed by atoms with Gasteiger partial charge in [0.15, 0.2) is 12.1 Å². The van der Waals surface area contributed by atoms with Crippen LogP contribution in [0.4, 0.5) is 4.79 Å². The molecule has 47 heavy (non-hydrogen) atoms. The van der Waals surface area contributed by atoms with Crippen molar-refractivity contribution in [3.8, 4) is 39.4 Å². The Morgan fingerprint density at radius 2 is 1.77 bits per heavy atom. The van der Waals surface area contributed by atoms with E-state index in [0.29, 0.717) is 68.2 Å². The topological polar surface area (TPSA) is 148 Å². The minimum atomic E-state index is -1.12. The fourth-order valence-electron chi connectivity index (χ4n) is 5.71. The van der Waals surface area contributed by atoms with Crippen molar-refractivity contribution in [1.29, 1.82) is 0 Å². The van der Waals surface area contributed by atoms with E-state index in [4.69, 9.17) is 27.9 Å². The Labute approximate surface area is 278 Å². The number of methoxy groups -OCH3 is 1. The van der Waals surface area contributed by atoms with Crippen LogP contribution in [0.2, 0.25) is 10.0 Å². The molecule has 0 aliphatic carbocycles. The van der Waals surface area contributed by atoms with Gasteiger partial charge in [-0.15, -0.1) is 5.10 Å². The molecule has 0 radical (unpaired) electrons. The average molecular weight is 676 g/mol. The summed E-state index contributed by atoms with van der Waals surface area (Å²) < 4.78 is 8.10. The molecule has 2 aromatic carbocycles. The number of aromatic nitrogens is 4. The van der Waals surface area contributed by atoms with Gasteiger partial charge in [-0.05, 0) is 24.6 Å². The van der Waals surface area contributed by atoms with Crippen molar-refractivity contribution in [2.24, 2.45) is 7.05 Å². The highest BCUT2D eigenvalue weighted by atomic mass is 35.5. The van der Waals surface area contributed by atoms with Crippen LogP contribution in [0.25, 0.3) is 39.0 Å². The molecule has 240 valence electrons. The molecular weight excluding hydrogens is 647 g/mol. The molecule has 2 N–H and O–H groups in total. The zero-order chi connectivity index (χ0) is 33.4. The fourth-order valence-corrected chi connectivity index (χ4v) is 6.37. The van der Waals surface area contributed by atoms with Crippen LogP contribution in [-0.2, 0) is 18.4 Å². The van der Waals surface area contributed by atoms with Crippen LogP contribution in [0, 0.1) is 0 Å². The first-order valence-electron chi connectivity index (χ1n) is 14.5. The van der Waals surface area contributed by atoms with Gasteiger partial charge in [0.25, 0.3) is 5.56 Å². The number of nitrogens with one attached hydrogen (secondary N) is 1. The molecule has 14 heteroatoms. The van der Waals surface area contributed by atoms with Crippen LogP contribution in [0.5, 0.6) is 5.88 Å². The Bertz CT molecular complexity index is 2130. The van der Waals surface area contributed by atoms with E-state index in [1.807, 2.05) is 36.4 Å². The molecule has 0 saturated carbocycles. The van der Waals surface area contributed by atoms with Crippen molar-refractivity contribution in [2.45, 2.75) is 25.4 Å². The van der Waals surface area contributed by atoms with Crippen molar-refractivity contribution in [2.75, 3.05) is 13.7 Å². The van der Waals surface area contributed by atoms with Crippen LogP contribution >= 0.6 is 23.2 Å². The summed E-state index contributed by atoms with van der Waals surface area (Å²) in [4.78, 5) is 53.7. The monoisotopic (exact) mass is 674 g/mol. The van der Waals surface area contributed by atoms with E-state index >= 15 is 0 Å². The third kappa shape index (κ3) is 6.05. The minimum Gasteiger partial charge on any atom is -0.481 e. The summed E-state index contributed by atoms with van der Waals surface area (Å²) in [7, 11) is 2.94. The number of fused-ring (bicyclic) bond motifs is 1. The highest BCUT2D eigenvalue weighted by Gasteiger charge is 2.26. The van der Waals surface area contributed by atoms with Gasteiger partial charge in [0.1, 0.15) is 5.52 Å². The number of hydrogen-bond donors (Lipinski definition) is 2. The number of benzene rings is 2. The van der Waals surface area contributed by atoms with E-state index in [0.717, 1.165) is 0 Å². The van der Waals surface area contributed by atoms with Crippen LogP contribution in [0.1, 0.15) is 29.0 Å². The van der Waals surface area contributed by atoms with E-state index in [9.17, 15) is 24.3 Å². The van der Waals surface area contributed by atoms with Crippen molar-refractivity contribution in [3.63, 3.8) is 0 Å².